The lowest BCUT2D eigenvalue weighted by molar-refractivity contribution is -0.144. The minimum Gasteiger partial charge on any atom is -0.479 e. The number of benzene rings is 2. The number of ether oxygens (including phenoxy) is 2. The summed E-state index contributed by atoms with van der Waals surface area (Å²) in [6.07, 6.45) is -4.10. The number of hydrogen-bond donors (Lipinski definition) is 1. The molecule has 182 valence electrons. The van der Waals surface area contributed by atoms with Gasteiger partial charge in [0, 0.05) is 12.7 Å². The predicted molar refractivity (Wildman–Crippen MR) is 119 cm³/mol. The minimum atomic E-state index is -4.45. The van der Waals surface area contributed by atoms with E-state index in [4.69, 9.17) is 14.6 Å². The Balaban J connectivity index is 1.68. The third kappa shape index (κ3) is 5.06. The summed E-state index contributed by atoms with van der Waals surface area (Å²) in [5.41, 5.74) is 1.03. The number of carboxylic acid groups (broad SMARTS) is 1. The fourth-order valence-electron chi connectivity index (χ4n) is 3.58. The number of fused-ring (bicyclic) bond motifs is 1. The molecule has 0 spiro atoms. The van der Waals surface area contributed by atoms with E-state index in [0.29, 0.717) is 28.0 Å². The highest BCUT2D eigenvalue weighted by molar-refractivity contribution is 5.86. The van der Waals surface area contributed by atoms with Crippen LogP contribution < -0.4 is 9.47 Å². The van der Waals surface area contributed by atoms with Crippen LogP contribution in [0.15, 0.2) is 60.8 Å². The standard InChI is InChI=1S/C25H20F4N2O4/c1-14-22(35-18-8-6-17(7-9-18)25(27,28)29)19-4-3-11-30-23(19)31(14)13-16-5-10-20(26)21(12-16)34-15(2)24(32)33/h3-12,15H,13H2,1-2H3,(H,32,33)/t15-/m0/s1. The average Bonchev–Trinajstić information content (AvgIpc) is 3.07. The van der Waals surface area contributed by atoms with Crippen molar-refractivity contribution in [2.24, 2.45) is 0 Å². The molecule has 2 heterocycles. The second-order valence-corrected chi connectivity index (χ2v) is 7.86. The second-order valence-electron chi connectivity index (χ2n) is 7.86. The van der Waals surface area contributed by atoms with E-state index >= 15 is 0 Å². The minimum absolute atomic E-state index is 0.194. The number of rotatable bonds is 7. The topological polar surface area (TPSA) is 73.6 Å². The maximum absolute atomic E-state index is 14.2. The van der Waals surface area contributed by atoms with Crippen molar-refractivity contribution in [2.75, 3.05) is 0 Å². The fraction of sp³-hybridized carbons (Fsp3) is 0.200. The van der Waals surface area contributed by atoms with Crippen molar-refractivity contribution in [3.63, 3.8) is 0 Å². The van der Waals surface area contributed by atoms with Crippen molar-refractivity contribution >= 4 is 17.0 Å². The van der Waals surface area contributed by atoms with Crippen LogP contribution in [-0.2, 0) is 17.5 Å². The Hall–Kier alpha value is -4.08. The molecule has 0 unspecified atom stereocenters. The summed E-state index contributed by atoms with van der Waals surface area (Å²) in [6, 6.07) is 12.0. The van der Waals surface area contributed by atoms with Gasteiger partial charge in [0.15, 0.2) is 23.4 Å². The van der Waals surface area contributed by atoms with Gasteiger partial charge in [-0.1, -0.05) is 6.07 Å². The number of aliphatic carboxylic acids is 1. The zero-order valence-corrected chi connectivity index (χ0v) is 18.6. The second kappa shape index (κ2) is 9.28. The van der Waals surface area contributed by atoms with E-state index in [0.717, 1.165) is 12.1 Å². The third-order valence-corrected chi connectivity index (χ3v) is 5.41. The van der Waals surface area contributed by atoms with E-state index in [2.05, 4.69) is 4.98 Å². The Morgan fingerprint density at radius 2 is 1.86 bits per heavy atom. The van der Waals surface area contributed by atoms with E-state index in [1.165, 1.54) is 37.3 Å². The first-order chi connectivity index (χ1) is 16.5. The molecule has 35 heavy (non-hydrogen) atoms. The van der Waals surface area contributed by atoms with Gasteiger partial charge in [-0.2, -0.15) is 13.2 Å². The van der Waals surface area contributed by atoms with Gasteiger partial charge < -0.3 is 19.1 Å². The van der Waals surface area contributed by atoms with Gasteiger partial charge in [-0.15, -0.1) is 0 Å². The number of pyridine rings is 1. The number of nitrogens with zero attached hydrogens (tertiary/aromatic N) is 2. The number of carbonyl (C=O) groups is 1. The molecule has 0 aliphatic heterocycles. The van der Waals surface area contributed by atoms with Crippen LogP contribution in [0.1, 0.15) is 23.7 Å². The molecule has 0 bridgehead atoms. The molecular formula is C25H20F4N2O4. The Kier molecular flexibility index (Phi) is 6.38. The molecule has 0 aliphatic rings. The molecule has 1 atom stereocenters. The molecule has 0 saturated heterocycles. The van der Waals surface area contributed by atoms with Gasteiger partial charge in [0.1, 0.15) is 11.4 Å². The van der Waals surface area contributed by atoms with Crippen LogP contribution in [0.2, 0.25) is 0 Å². The summed E-state index contributed by atoms with van der Waals surface area (Å²) in [4.78, 5) is 15.5. The smallest absolute Gasteiger partial charge is 0.416 e. The van der Waals surface area contributed by atoms with Gasteiger partial charge in [0.25, 0.3) is 0 Å². The van der Waals surface area contributed by atoms with Gasteiger partial charge in [-0.05, 0) is 67.9 Å². The third-order valence-electron chi connectivity index (χ3n) is 5.41. The van der Waals surface area contributed by atoms with Gasteiger partial charge in [-0.3, -0.25) is 0 Å². The van der Waals surface area contributed by atoms with Crippen molar-refractivity contribution in [2.45, 2.75) is 32.7 Å². The molecular weight excluding hydrogens is 468 g/mol. The number of hydrogen-bond acceptors (Lipinski definition) is 4. The zero-order valence-electron chi connectivity index (χ0n) is 18.6. The largest absolute Gasteiger partial charge is 0.479 e. The summed E-state index contributed by atoms with van der Waals surface area (Å²) < 4.78 is 65.8. The van der Waals surface area contributed by atoms with Crippen LogP contribution in [0.4, 0.5) is 17.6 Å². The maximum Gasteiger partial charge on any atom is 0.416 e. The highest BCUT2D eigenvalue weighted by Gasteiger charge is 2.30. The average molecular weight is 488 g/mol. The van der Waals surface area contributed by atoms with Crippen LogP contribution in [-0.4, -0.2) is 26.7 Å². The van der Waals surface area contributed by atoms with Crippen LogP contribution in [0, 0.1) is 12.7 Å². The van der Waals surface area contributed by atoms with E-state index in [1.807, 2.05) is 4.57 Å². The lowest BCUT2D eigenvalue weighted by Crippen LogP contribution is -2.23. The summed E-state index contributed by atoms with van der Waals surface area (Å²) >= 11 is 0. The van der Waals surface area contributed by atoms with Crippen molar-refractivity contribution in [3.05, 3.63) is 83.4 Å². The first kappa shape index (κ1) is 24.1. The number of carboxylic acids is 1. The normalized spacial score (nSPS) is 12.5. The molecule has 2 aromatic heterocycles. The first-order valence-corrected chi connectivity index (χ1v) is 10.5. The molecule has 1 N–H and O–H groups in total. The highest BCUT2D eigenvalue weighted by Crippen LogP contribution is 2.37. The SMILES string of the molecule is Cc1c(Oc2ccc(C(F)(F)F)cc2)c2cccnc2n1Cc1ccc(F)c(O[C@@H](C)C(=O)O)c1. The van der Waals surface area contributed by atoms with Crippen molar-refractivity contribution < 1.29 is 36.9 Å². The van der Waals surface area contributed by atoms with Gasteiger partial charge in [-0.25, -0.2) is 14.2 Å². The van der Waals surface area contributed by atoms with Crippen molar-refractivity contribution in [3.8, 4) is 17.2 Å². The maximum atomic E-state index is 14.2. The predicted octanol–water partition coefficient (Wildman–Crippen LogP) is 6.20. The number of alkyl halides is 3. The summed E-state index contributed by atoms with van der Waals surface area (Å²) in [6.45, 7) is 3.30. The van der Waals surface area contributed by atoms with Crippen molar-refractivity contribution in [1.29, 1.82) is 0 Å². The van der Waals surface area contributed by atoms with Crippen LogP contribution >= 0.6 is 0 Å². The Bertz CT molecular complexity index is 1380. The van der Waals surface area contributed by atoms with Crippen molar-refractivity contribution in [1.82, 2.24) is 9.55 Å². The number of aromatic nitrogens is 2. The monoisotopic (exact) mass is 488 g/mol. The van der Waals surface area contributed by atoms with E-state index in [-0.39, 0.29) is 18.0 Å². The quantitative estimate of drug-likeness (QED) is 0.314. The molecule has 4 rings (SSSR count). The molecule has 0 fully saturated rings. The van der Waals surface area contributed by atoms with Crippen LogP contribution in [0.3, 0.4) is 0 Å². The fourth-order valence-corrected chi connectivity index (χ4v) is 3.58. The summed E-state index contributed by atoms with van der Waals surface area (Å²) in [5.74, 6) is -1.47. The van der Waals surface area contributed by atoms with Gasteiger partial charge >= 0.3 is 12.1 Å². The Morgan fingerprint density at radius 3 is 2.51 bits per heavy atom. The Labute approximate surface area is 197 Å². The van der Waals surface area contributed by atoms with E-state index < -0.39 is 29.6 Å². The van der Waals surface area contributed by atoms with E-state index in [9.17, 15) is 22.4 Å². The molecule has 0 saturated carbocycles. The van der Waals surface area contributed by atoms with Crippen LogP contribution in [0.25, 0.3) is 11.0 Å². The molecule has 0 aliphatic carbocycles. The highest BCUT2D eigenvalue weighted by atomic mass is 19.4. The first-order valence-electron chi connectivity index (χ1n) is 10.5. The zero-order chi connectivity index (χ0) is 25.3. The lowest BCUT2D eigenvalue weighted by Gasteiger charge is -2.14. The molecule has 0 amide bonds. The summed E-state index contributed by atoms with van der Waals surface area (Å²) in [7, 11) is 0. The molecule has 0 radical (unpaired) electrons. The molecule has 10 heteroatoms. The molecule has 4 aromatic rings. The van der Waals surface area contributed by atoms with Gasteiger partial charge in [0.2, 0.25) is 0 Å². The Morgan fingerprint density at radius 1 is 1.14 bits per heavy atom. The van der Waals surface area contributed by atoms with Crippen LogP contribution in [0.5, 0.6) is 17.2 Å². The summed E-state index contributed by atoms with van der Waals surface area (Å²) in [5, 5.41) is 9.68. The molecule has 6 nitrogen and oxygen atoms in total. The number of halogens is 4. The van der Waals surface area contributed by atoms with Gasteiger partial charge in [0.05, 0.1) is 16.6 Å². The lowest BCUT2D eigenvalue weighted by atomic mass is 10.2. The van der Waals surface area contributed by atoms with E-state index in [1.54, 1.807) is 25.3 Å². The molecule has 2 aromatic carbocycles.